The summed E-state index contributed by atoms with van der Waals surface area (Å²) in [6.07, 6.45) is 1.45. The van der Waals surface area contributed by atoms with Gasteiger partial charge in [0, 0.05) is 0 Å². The van der Waals surface area contributed by atoms with Gasteiger partial charge >= 0.3 is 5.97 Å². The average molecular weight is 286 g/mol. The molecule has 1 N–H and O–H groups in total. The van der Waals surface area contributed by atoms with Crippen molar-refractivity contribution in [2.45, 2.75) is 6.61 Å². The zero-order valence-electron chi connectivity index (χ0n) is 11.4. The molecular formula is C15H14N2O4. The lowest BCUT2D eigenvalue weighted by Gasteiger charge is -2.07. The predicted octanol–water partition coefficient (Wildman–Crippen LogP) is 2.01. The van der Waals surface area contributed by atoms with Crippen LogP contribution < -0.4 is 4.74 Å². The van der Waals surface area contributed by atoms with E-state index in [4.69, 9.17) is 9.94 Å². The molecule has 0 saturated heterocycles. The van der Waals surface area contributed by atoms with E-state index in [1.54, 1.807) is 6.07 Å². The van der Waals surface area contributed by atoms with Crippen molar-refractivity contribution in [2.24, 2.45) is 5.16 Å². The lowest BCUT2D eigenvalue weighted by atomic mass is 10.2. The Labute approximate surface area is 121 Å². The number of carbonyl (C=O) groups is 1. The zero-order valence-corrected chi connectivity index (χ0v) is 11.4. The Balaban J connectivity index is 2.04. The number of aromatic nitrogens is 1. The highest BCUT2D eigenvalue weighted by molar-refractivity contribution is 6.42. The van der Waals surface area contributed by atoms with Crippen molar-refractivity contribution in [3.05, 3.63) is 59.9 Å². The highest BCUT2D eigenvalue weighted by atomic mass is 16.5. The monoisotopic (exact) mass is 286 g/mol. The van der Waals surface area contributed by atoms with Crippen molar-refractivity contribution in [3.8, 4) is 5.75 Å². The molecule has 0 amide bonds. The van der Waals surface area contributed by atoms with Gasteiger partial charge in [-0.15, -0.1) is 0 Å². The molecule has 2 aromatic rings. The van der Waals surface area contributed by atoms with Gasteiger partial charge in [0.15, 0.2) is 0 Å². The van der Waals surface area contributed by atoms with E-state index in [0.717, 1.165) is 5.56 Å². The summed E-state index contributed by atoms with van der Waals surface area (Å²) in [6.45, 7) is 0.416. The lowest BCUT2D eigenvalue weighted by Crippen LogP contribution is -2.18. The second-order valence-corrected chi connectivity index (χ2v) is 4.09. The standard InChI is InChI=1S/C15H14N2O4/c1-20-15(18)14(17-19)13-8-7-12(9-16-13)21-10-11-5-3-2-4-6-11/h2-9,19H,10H2,1H3. The minimum absolute atomic E-state index is 0.205. The molecule has 6 heteroatoms. The molecule has 0 aliphatic carbocycles. The molecule has 1 aromatic heterocycles. The number of carbonyl (C=O) groups excluding carboxylic acids is 1. The molecule has 0 spiro atoms. The molecule has 1 heterocycles. The molecule has 2 rings (SSSR count). The van der Waals surface area contributed by atoms with Crippen molar-refractivity contribution in [3.63, 3.8) is 0 Å². The smallest absolute Gasteiger partial charge is 0.362 e. The molecule has 0 aliphatic rings. The molecule has 0 bridgehead atoms. The van der Waals surface area contributed by atoms with Gasteiger partial charge in [-0.05, 0) is 17.7 Å². The van der Waals surface area contributed by atoms with Crippen LogP contribution in [0.1, 0.15) is 11.3 Å². The Bertz CT molecular complexity index is 624. The quantitative estimate of drug-likeness (QED) is 0.393. The maximum atomic E-state index is 11.4. The largest absolute Gasteiger partial charge is 0.487 e. The number of benzene rings is 1. The van der Waals surface area contributed by atoms with E-state index in [0.29, 0.717) is 12.4 Å². The highest BCUT2D eigenvalue weighted by Gasteiger charge is 2.16. The number of pyridine rings is 1. The number of nitrogens with zero attached hydrogens (tertiary/aromatic N) is 2. The average Bonchev–Trinajstić information content (AvgIpc) is 2.55. The van der Waals surface area contributed by atoms with Crippen LogP contribution in [0, 0.1) is 0 Å². The molecule has 0 aliphatic heterocycles. The van der Waals surface area contributed by atoms with Crippen LogP contribution in [0.5, 0.6) is 5.75 Å². The summed E-state index contributed by atoms with van der Waals surface area (Å²) in [6, 6.07) is 12.9. The number of hydrogen-bond acceptors (Lipinski definition) is 6. The van der Waals surface area contributed by atoms with Crippen molar-refractivity contribution in [1.29, 1.82) is 0 Å². The normalized spacial score (nSPS) is 11.0. The Morgan fingerprint density at radius 2 is 2.00 bits per heavy atom. The lowest BCUT2D eigenvalue weighted by molar-refractivity contribution is -0.132. The summed E-state index contributed by atoms with van der Waals surface area (Å²) >= 11 is 0. The summed E-state index contributed by atoms with van der Waals surface area (Å²) in [4.78, 5) is 15.4. The summed E-state index contributed by atoms with van der Waals surface area (Å²) in [5.74, 6) is -0.215. The van der Waals surface area contributed by atoms with Gasteiger partial charge in [0.2, 0.25) is 5.71 Å². The number of methoxy groups -OCH3 is 1. The van der Waals surface area contributed by atoms with Crippen molar-refractivity contribution in [2.75, 3.05) is 7.11 Å². The number of oxime groups is 1. The predicted molar refractivity (Wildman–Crippen MR) is 75.4 cm³/mol. The van der Waals surface area contributed by atoms with Crippen LogP contribution in [0.25, 0.3) is 0 Å². The van der Waals surface area contributed by atoms with Crippen molar-refractivity contribution >= 4 is 11.7 Å². The highest BCUT2D eigenvalue weighted by Crippen LogP contribution is 2.12. The summed E-state index contributed by atoms with van der Waals surface area (Å²) in [7, 11) is 1.20. The Morgan fingerprint density at radius 3 is 2.57 bits per heavy atom. The molecule has 0 saturated carbocycles. The first kappa shape index (κ1) is 14.5. The molecular weight excluding hydrogens is 272 g/mol. The van der Waals surface area contributed by atoms with Gasteiger partial charge in [-0.3, -0.25) is 4.98 Å². The van der Waals surface area contributed by atoms with Gasteiger partial charge in [-0.25, -0.2) is 4.79 Å². The maximum absolute atomic E-state index is 11.4. The van der Waals surface area contributed by atoms with Crippen LogP contribution >= 0.6 is 0 Å². The Morgan fingerprint density at radius 1 is 1.24 bits per heavy atom. The minimum Gasteiger partial charge on any atom is -0.487 e. The second-order valence-electron chi connectivity index (χ2n) is 4.09. The van der Waals surface area contributed by atoms with E-state index in [1.807, 2.05) is 30.3 Å². The zero-order chi connectivity index (χ0) is 15.1. The van der Waals surface area contributed by atoms with Crippen molar-refractivity contribution < 1.29 is 19.5 Å². The SMILES string of the molecule is COC(=O)C(=NO)c1ccc(OCc2ccccc2)cn1. The Kier molecular flexibility index (Phi) is 4.87. The summed E-state index contributed by atoms with van der Waals surface area (Å²) < 4.78 is 10.1. The fourth-order valence-electron chi connectivity index (χ4n) is 1.64. The fraction of sp³-hybridized carbons (Fsp3) is 0.133. The van der Waals surface area contributed by atoms with Crippen molar-refractivity contribution in [1.82, 2.24) is 4.98 Å². The number of ether oxygens (including phenoxy) is 2. The van der Waals surface area contributed by atoms with E-state index in [2.05, 4.69) is 14.9 Å². The molecule has 21 heavy (non-hydrogen) atoms. The molecule has 0 atom stereocenters. The van der Waals surface area contributed by atoms with Crippen LogP contribution in [0.2, 0.25) is 0 Å². The first-order valence-corrected chi connectivity index (χ1v) is 6.18. The first-order valence-electron chi connectivity index (χ1n) is 6.18. The maximum Gasteiger partial charge on any atom is 0.362 e. The van der Waals surface area contributed by atoms with Crippen LogP contribution in [-0.2, 0) is 16.1 Å². The van der Waals surface area contributed by atoms with Crippen LogP contribution in [0.4, 0.5) is 0 Å². The van der Waals surface area contributed by atoms with E-state index >= 15 is 0 Å². The van der Waals surface area contributed by atoms with Gasteiger partial charge in [0.1, 0.15) is 12.4 Å². The van der Waals surface area contributed by atoms with Gasteiger partial charge in [0.05, 0.1) is 19.0 Å². The van der Waals surface area contributed by atoms with E-state index in [9.17, 15) is 4.79 Å². The van der Waals surface area contributed by atoms with E-state index in [-0.39, 0.29) is 11.4 Å². The first-order chi connectivity index (χ1) is 10.2. The summed E-state index contributed by atoms with van der Waals surface area (Å²) in [5, 5.41) is 11.7. The fourth-order valence-corrected chi connectivity index (χ4v) is 1.64. The molecule has 0 fully saturated rings. The minimum atomic E-state index is -0.761. The third-order valence-corrected chi connectivity index (χ3v) is 2.71. The second kappa shape index (κ2) is 7.04. The molecule has 1 aromatic carbocycles. The van der Waals surface area contributed by atoms with Gasteiger partial charge in [-0.2, -0.15) is 0 Å². The number of hydrogen-bond donors (Lipinski definition) is 1. The molecule has 6 nitrogen and oxygen atoms in total. The van der Waals surface area contributed by atoms with E-state index < -0.39 is 5.97 Å². The third kappa shape index (κ3) is 3.79. The molecule has 108 valence electrons. The Hall–Kier alpha value is -2.89. The molecule has 0 unspecified atom stereocenters. The van der Waals surface area contributed by atoms with Gasteiger partial charge in [-0.1, -0.05) is 35.5 Å². The number of rotatable bonds is 5. The third-order valence-electron chi connectivity index (χ3n) is 2.71. The van der Waals surface area contributed by atoms with Crippen LogP contribution in [0.3, 0.4) is 0 Å². The van der Waals surface area contributed by atoms with Gasteiger partial charge in [0.25, 0.3) is 0 Å². The van der Waals surface area contributed by atoms with E-state index in [1.165, 1.54) is 19.4 Å². The summed E-state index contributed by atoms with van der Waals surface area (Å²) in [5.41, 5.74) is 0.984. The number of esters is 1. The van der Waals surface area contributed by atoms with Crippen LogP contribution in [-0.4, -0.2) is 29.0 Å². The topological polar surface area (TPSA) is 81.0 Å². The molecule has 0 radical (unpaired) electrons. The van der Waals surface area contributed by atoms with Gasteiger partial charge < -0.3 is 14.7 Å². The van der Waals surface area contributed by atoms with Crippen LogP contribution in [0.15, 0.2) is 53.8 Å².